The molecule has 0 atom stereocenters. The van der Waals surface area contributed by atoms with Gasteiger partial charge in [0.15, 0.2) is 0 Å². The number of aromatic nitrogens is 1. The predicted molar refractivity (Wildman–Crippen MR) is 44.6 cm³/mol. The molecule has 11 heavy (non-hydrogen) atoms. The van der Waals surface area contributed by atoms with Crippen LogP contribution in [0, 0.1) is 5.41 Å². The van der Waals surface area contributed by atoms with Crippen LogP contribution in [-0.2, 0) is 6.54 Å². The number of pyridine rings is 1. The maximum Gasteiger partial charge on any atom is 0.124 e. The van der Waals surface area contributed by atoms with Crippen molar-refractivity contribution in [1.82, 2.24) is 4.57 Å². The molecule has 0 spiro atoms. The fourth-order valence-electron chi connectivity index (χ4n) is 0.779. The highest BCUT2D eigenvalue weighted by Gasteiger charge is 1.86. The molecule has 2 N–H and O–H groups in total. The minimum absolute atomic E-state index is 0. The van der Waals surface area contributed by atoms with E-state index in [0.29, 0.717) is 12.0 Å². The number of hydrogen-bond acceptors (Lipinski definition) is 2. The van der Waals surface area contributed by atoms with Gasteiger partial charge in [0.1, 0.15) is 5.49 Å². The molecule has 1 rings (SSSR count). The molecular formula is C7H11ClN2O. The Hall–Kier alpha value is -0.800. The van der Waals surface area contributed by atoms with Gasteiger partial charge in [-0.3, -0.25) is 5.41 Å². The molecule has 3 nitrogen and oxygen atoms in total. The highest BCUT2D eigenvalue weighted by atomic mass is 35.5. The lowest BCUT2D eigenvalue weighted by Gasteiger charge is -2.01. The average Bonchev–Trinajstić information content (AvgIpc) is 1.94. The van der Waals surface area contributed by atoms with Gasteiger partial charge in [-0.2, -0.15) is 0 Å². The Labute approximate surface area is 71.2 Å². The van der Waals surface area contributed by atoms with Crippen LogP contribution in [0.25, 0.3) is 0 Å². The standard InChI is InChI=1S/C7H10N2O.ClH/c8-7-3-1-2-4-9(7)5-6-10;/h1-4,8,10H,5-6H2;1H. The summed E-state index contributed by atoms with van der Waals surface area (Å²) in [4.78, 5) is 0. The highest BCUT2D eigenvalue weighted by Crippen LogP contribution is 1.79. The van der Waals surface area contributed by atoms with E-state index in [1.165, 1.54) is 0 Å². The van der Waals surface area contributed by atoms with Crippen LogP contribution in [0.5, 0.6) is 0 Å². The Morgan fingerprint density at radius 2 is 2.18 bits per heavy atom. The first-order valence-electron chi connectivity index (χ1n) is 3.15. The van der Waals surface area contributed by atoms with E-state index in [2.05, 4.69) is 0 Å². The largest absolute Gasteiger partial charge is 0.395 e. The zero-order valence-electron chi connectivity index (χ0n) is 6.03. The molecular weight excluding hydrogens is 164 g/mol. The van der Waals surface area contributed by atoms with Gasteiger partial charge in [-0.1, -0.05) is 6.07 Å². The van der Waals surface area contributed by atoms with Gasteiger partial charge in [0.05, 0.1) is 6.61 Å². The third-order valence-electron chi connectivity index (χ3n) is 1.28. The van der Waals surface area contributed by atoms with E-state index in [4.69, 9.17) is 10.5 Å². The van der Waals surface area contributed by atoms with Crippen LogP contribution in [0.4, 0.5) is 0 Å². The summed E-state index contributed by atoms with van der Waals surface area (Å²) < 4.78 is 1.68. The molecule has 0 aliphatic carbocycles. The molecule has 0 radical (unpaired) electrons. The van der Waals surface area contributed by atoms with Crippen LogP contribution in [0.2, 0.25) is 0 Å². The van der Waals surface area contributed by atoms with Crippen molar-refractivity contribution in [3.8, 4) is 0 Å². The number of aliphatic hydroxyl groups is 1. The molecule has 0 aromatic carbocycles. The zero-order chi connectivity index (χ0) is 7.40. The van der Waals surface area contributed by atoms with Crippen molar-refractivity contribution in [2.24, 2.45) is 0 Å². The Bertz CT molecular complexity index is 259. The summed E-state index contributed by atoms with van der Waals surface area (Å²) in [6.07, 6.45) is 1.78. The first kappa shape index (κ1) is 10.2. The van der Waals surface area contributed by atoms with Gasteiger partial charge >= 0.3 is 0 Å². The molecule has 1 aromatic rings. The van der Waals surface area contributed by atoms with Gasteiger partial charge in [-0.25, -0.2) is 0 Å². The van der Waals surface area contributed by atoms with Crippen molar-refractivity contribution in [3.63, 3.8) is 0 Å². The molecule has 0 unspecified atom stereocenters. The number of aliphatic hydroxyl groups excluding tert-OH is 1. The Balaban J connectivity index is 0.000001000. The quantitative estimate of drug-likeness (QED) is 0.669. The summed E-state index contributed by atoms with van der Waals surface area (Å²) >= 11 is 0. The van der Waals surface area contributed by atoms with E-state index in [9.17, 15) is 0 Å². The van der Waals surface area contributed by atoms with Crippen LogP contribution in [0.3, 0.4) is 0 Å². The van der Waals surface area contributed by atoms with Crippen LogP contribution in [0.1, 0.15) is 0 Å². The van der Waals surface area contributed by atoms with Crippen molar-refractivity contribution in [3.05, 3.63) is 29.9 Å². The third-order valence-corrected chi connectivity index (χ3v) is 1.28. The number of hydrogen-bond donors (Lipinski definition) is 2. The SMILES string of the molecule is Cl.N=c1ccccn1CCO. The summed E-state index contributed by atoms with van der Waals surface area (Å²) in [6, 6.07) is 5.33. The maximum absolute atomic E-state index is 8.54. The van der Waals surface area contributed by atoms with E-state index in [1.807, 2.05) is 6.07 Å². The van der Waals surface area contributed by atoms with Crippen LogP contribution in [-0.4, -0.2) is 16.3 Å². The summed E-state index contributed by atoms with van der Waals surface area (Å²) in [6.45, 7) is 0.584. The van der Waals surface area contributed by atoms with E-state index in [-0.39, 0.29) is 19.0 Å². The van der Waals surface area contributed by atoms with Crippen molar-refractivity contribution >= 4 is 12.4 Å². The van der Waals surface area contributed by atoms with Gasteiger partial charge in [0.25, 0.3) is 0 Å². The molecule has 0 saturated heterocycles. The second kappa shape index (κ2) is 4.93. The Morgan fingerprint density at radius 1 is 1.45 bits per heavy atom. The van der Waals surface area contributed by atoms with Gasteiger partial charge in [0, 0.05) is 12.7 Å². The lowest BCUT2D eigenvalue weighted by Crippen LogP contribution is -2.19. The molecule has 0 fully saturated rings. The molecule has 0 amide bonds. The second-order valence-corrected chi connectivity index (χ2v) is 2.00. The minimum atomic E-state index is 0. The molecule has 0 aliphatic rings. The molecule has 62 valence electrons. The van der Waals surface area contributed by atoms with Crippen molar-refractivity contribution in [2.45, 2.75) is 6.54 Å². The second-order valence-electron chi connectivity index (χ2n) is 2.00. The van der Waals surface area contributed by atoms with Crippen molar-refractivity contribution < 1.29 is 5.11 Å². The van der Waals surface area contributed by atoms with Crippen molar-refractivity contribution in [2.75, 3.05) is 6.61 Å². The average molecular weight is 175 g/mol. The predicted octanol–water partition coefficient (Wildman–Crippen LogP) is 0.382. The molecule has 0 aliphatic heterocycles. The van der Waals surface area contributed by atoms with E-state index >= 15 is 0 Å². The van der Waals surface area contributed by atoms with Gasteiger partial charge < -0.3 is 9.67 Å². The lowest BCUT2D eigenvalue weighted by atomic mass is 10.4. The molecule has 4 heteroatoms. The van der Waals surface area contributed by atoms with E-state index in [1.54, 1.807) is 22.9 Å². The monoisotopic (exact) mass is 174 g/mol. The summed E-state index contributed by atoms with van der Waals surface area (Å²) in [5.41, 5.74) is 0.427. The number of halogens is 1. The summed E-state index contributed by atoms with van der Waals surface area (Å²) in [7, 11) is 0. The smallest absolute Gasteiger partial charge is 0.124 e. The first-order valence-corrected chi connectivity index (χ1v) is 3.15. The van der Waals surface area contributed by atoms with Gasteiger partial charge in [-0.15, -0.1) is 12.4 Å². The number of nitrogens with one attached hydrogen (secondary N) is 1. The highest BCUT2D eigenvalue weighted by molar-refractivity contribution is 5.85. The van der Waals surface area contributed by atoms with Crippen LogP contribution in [0.15, 0.2) is 24.4 Å². The fourth-order valence-corrected chi connectivity index (χ4v) is 0.779. The first-order chi connectivity index (χ1) is 4.84. The normalized spacial score (nSPS) is 8.82. The topological polar surface area (TPSA) is 49.0 Å². The number of nitrogens with zero attached hydrogens (tertiary/aromatic N) is 1. The Morgan fingerprint density at radius 3 is 2.73 bits per heavy atom. The maximum atomic E-state index is 8.54. The minimum Gasteiger partial charge on any atom is -0.395 e. The van der Waals surface area contributed by atoms with Crippen LogP contribution < -0.4 is 5.49 Å². The number of rotatable bonds is 2. The zero-order valence-corrected chi connectivity index (χ0v) is 6.84. The summed E-state index contributed by atoms with van der Waals surface area (Å²) in [5, 5.41) is 15.9. The van der Waals surface area contributed by atoms with Gasteiger partial charge in [-0.05, 0) is 12.1 Å². The molecule has 0 saturated carbocycles. The molecule has 1 heterocycles. The van der Waals surface area contributed by atoms with Crippen molar-refractivity contribution in [1.29, 1.82) is 5.41 Å². The van der Waals surface area contributed by atoms with Gasteiger partial charge in [0.2, 0.25) is 0 Å². The van der Waals surface area contributed by atoms with E-state index in [0.717, 1.165) is 0 Å². The Kier molecular flexibility index (Phi) is 4.57. The lowest BCUT2D eigenvalue weighted by molar-refractivity contribution is 0.273. The van der Waals surface area contributed by atoms with E-state index < -0.39 is 0 Å². The molecule has 0 bridgehead atoms. The summed E-state index contributed by atoms with van der Waals surface area (Å²) in [5.74, 6) is 0. The third kappa shape index (κ3) is 2.74. The molecule has 1 aromatic heterocycles. The van der Waals surface area contributed by atoms with Crippen LogP contribution >= 0.6 is 12.4 Å². The fraction of sp³-hybridized carbons (Fsp3) is 0.286.